The lowest BCUT2D eigenvalue weighted by Crippen LogP contribution is -2.50. The third-order valence-electron chi connectivity index (χ3n) is 7.30. The molecule has 0 aromatic heterocycles. The predicted octanol–water partition coefficient (Wildman–Crippen LogP) is 2.31. The molecule has 0 radical (unpaired) electrons. The van der Waals surface area contributed by atoms with Gasteiger partial charge in [0.1, 0.15) is 11.8 Å². The van der Waals surface area contributed by atoms with Crippen molar-refractivity contribution in [2.24, 2.45) is 5.41 Å². The Hall–Kier alpha value is -2.53. The van der Waals surface area contributed by atoms with Crippen LogP contribution in [0, 0.1) is 5.41 Å². The Balaban J connectivity index is 1.34. The van der Waals surface area contributed by atoms with Crippen LogP contribution in [0.25, 0.3) is 0 Å². The molecule has 11 heteroatoms. The van der Waals surface area contributed by atoms with E-state index in [4.69, 9.17) is 0 Å². The summed E-state index contributed by atoms with van der Waals surface area (Å²) in [7, 11) is 0. The van der Waals surface area contributed by atoms with Crippen LogP contribution in [0.2, 0.25) is 0 Å². The molecule has 2 heterocycles. The van der Waals surface area contributed by atoms with Crippen molar-refractivity contribution in [2.45, 2.75) is 50.6 Å². The number of benzene rings is 1. The van der Waals surface area contributed by atoms with E-state index >= 15 is 0 Å². The van der Waals surface area contributed by atoms with E-state index in [9.17, 15) is 33.0 Å². The van der Waals surface area contributed by atoms with E-state index < -0.39 is 18.4 Å². The van der Waals surface area contributed by atoms with Gasteiger partial charge in [-0.25, -0.2) is 4.79 Å². The minimum absolute atomic E-state index is 0.0734. The molecule has 3 aliphatic rings. The minimum atomic E-state index is -4.77. The van der Waals surface area contributed by atoms with Crippen LogP contribution in [0.1, 0.15) is 32.1 Å². The number of carbonyl (C=O) groups is 2. The molecule has 1 aromatic rings. The maximum absolute atomic E-state index is 12.8. The summed E-state index contributed by atoms with van der Waals surface area (Å²) >= 11 is 0. The van der Waals surface area contributed by atoms with Crippen LogP contribution in [0.3, 0.4) is 0 Å². The molecule has 188 valence electrons. The van der Waals surface area contributed by atoms with E-state index in [0.29, 0.717) is 31.9 Å². The van der Waals surface area contributed by atoms with Crippen molar-refractivity contribution in [3.63, 3.8) is 0 Å². The molecular weight excluding hydrogens is 455 g/mol. The molecule has 1 spiro atoms. The number of anilines is 1. The number of amides is 1. The smallest absolute Gasteiger partial charge is 0.480 e. The first-order valence-corrected chi connectivity index (χ1v) is 11.6. The van der Waals surface area contributed by atoms with Crippen LogP contribution in [-0.2, 0) is 9.59 Å². The summed E-state index contributed by atoms with van der Waals surface area (Å²) in [5.74, 6) is -1.65. The number of rotatable bonds is 7. The number of β-amino-alcohol motifs (C(OH)–C–C–N with tert-alkyl or cyclic N) is 1. The standard InChI is InChI=1S/C23H30F3N3O5/c24-23(25,26)34-17-3-1-16(2-4-17)28-11-6-20(31)29(14-13-28)18(21(32)33)5-10-27-12-9-22(7-8-22)19(30)15-27/h1-4,18-19,30H,5-15H2,(H,32,33)/t18-,19+/m0/s1. The Bertz CT molecular complexity index is 891. The summed E-state index contributed by atoms with van der Waals surface area (Å²) < 4.78 is 41.0. The van der Waals surface area contributed by atoms with Gasteiger partial charge in [-0.1, -0.05) is 0 Å². The molecule has 8 nitrogen and oxygen atoms in total. The number of hydrogen-bond acceptors (Lipinski definition) is 6. The molecule has 1 aromatic carbocycles. The fourth-order valence-electron chi connectivity index (χ4n) is 5.03. The van der Waals surface area contributed by atoms with Crippen LogP contribution < -0.4 is 9.64 Å². The number of alkyl halides is 3. The number of aliphatic hydroxyl groups is 1. The van der Waals surface area contributed by atoms with Crippen molar-refractivity contribution in [1.29, 1.82) is 0 Å². The van der Waals surface area contributed by atoms with Gasteiger partial charge < -0.3 is 29.6 Å². The number of likely N-dealkylation sites (tertiary alicyclic amines) is 1. The highest BCUT2D eigenvalue weighted by molar-refractivity contribution is 5.84. The molecule has 0 bridgehead atoms. The summed E-state index contributed by atoms with van der Waals surface area (Å²) in [6, 6.07) is 4.44. The first-order valence-electron chi connectivity index (χ1n) is 11.6. The van der Waals surface area contributed by atoms with Crippen LogP contribution >= 0.6 is 0 Å². The van der Waals surface area contributed by atoms with Crippen molar-refractivity contribution < 1.29 is 37.7 Å². The van der Waals surface area contributed by atoms with Gasteiger partial charge in [-0.3, -0.25) is 4.79 Å². The summed E-state index contributed by atoms with van der Waals surface area (Å²) in [5, 5.41) is 20.2. The van der Waals surface area contributed by atoms with E-state index in [2.05, 4.69) is 9.64 Å². The number of aliphatic hydroxyl groups excluding tert-OH is 1. The highest BCUT2D eigenvalue weighted by atomic mass is 19.4. The molecule has 34 heavy (non-hydrogen) atoms. The summed E-state index contributed by atoms with van der Waals surface area (Å²) in [5.41, 5.74) is 0.705. The highest BCUT2D eigenvalue weighted by Gasteiger charge is 2.51. The summed E-state index contributed by atoms with van der Waals surface area (Å²) in [6.45, 7) is 2.73. The average molecular weight is 486 g/mol. The number of halogens is 3. The molecule has 0 unspecified atom stereocenters. The zero-order valence-corrected chi connectivity index (χ0v) is 18.8. The number of hydrogen-bond donors (Lipinski definition) is 2. The number of carboxylic acids is 1. The Morgan fingerprint density at radius 1 is 1.12 bits per heavy atom. The zero-order chi connectivity index (χ0) is 24.5. The van der Waals surface area contributed by atoms with Gasteiger partial charge in [-0.15, -0.1) is 13.2 Å². The van der Waals surface area contributed by atoms with Crippen molar-refractivity contribution in [3.05, 3.63) is 24.3 Å². The van der Waals surface area contributed by atoms with Gasteiger partial charge in [0.15, 0.2) is 0 Å². The number of aliphatic carboxylic acids is 1. The predicted molar refractivity (Wildman–Crippen MR) is 116 cm³/mol. The first kappa shape index (κ1) is 24.6. The van der Waals surface area contributed by atoms with E-state index in [1.807, 2.05) is 4.90 Å². The van der Waals surface area contributed by atoms with Crippen LogP contribution in [0.5, 0.6) is 5.75 Å². The van der Waals surface area contributed by atoms with E-state index in [0.717, 1.165) is 25.8 Å². The van der Waals surface area contributed by atoms with Gasteiger partial charge in [0.2, 0.25) is 5.91 Å². The van der Waals surface area contributed by atoms with Crippen LogP contribution in [0.4, 0.5) is 18.9 Å². The van der Waals surface area contributed by atoms with Crippen molar-refractivity contribution in [3.8, 4) is 5.75 Å². The lowest BCUT2D eigenvalue weighted by Gasteiger charge is -2.37. The van der Waals surface area contributed by atoms with E-state index in [-0.39, 0.29) is 42.6 Å². The van der Waals surface area contributed by atoms with Crippen LogP contribution in [-0.4, -0.2) is 89.7 Å². The number of carbonyl (C=O) groups excluding carboxylic acids is 1. The molecule has 2 aliphatic heterocycles. The Morgan fingerprint density at radius 3 is 2.41 bits per heavy atom. The second kappa shape index (κ2) is 9.61. The molecule has 2 saturated heterocycles. The Morgan fingerprint density at radius 2 is 1.82 bits per heavy atom. The molecule has 2 atom stereocenters. The first-order chi connectivity index (χ1) is 16.1. The Labute approximate surface area is 195 Å². The monoisotopic (exact) mass is 485 g/mol. The molecule has 1 amide bonds. The molecule has 2 N–H and O–H groups in total. The fraction of sp³-hybridized carbons (Fsp3) is 0.652. The van der Waals surface area contributed by atoms with Gasteiger partial charge in [-0.2, -0.15) is 0 Å². The zero-order valence-electron chi connectivity index (χ0n) is 18.8. The number of piperidine rings is 1. The highest BCUT2D eigenvalue weighted by Crippen LogP contribution is 2.53. The van der Waals surface area contributed by atoms with Gasteiger partial charge >= 0.3 is 12.3 Å². The van der Waals surface area contributed by atoms with Gasteiger partial charge in [0, 0.05) is 44.8 Å². The van der Waals surface area contributed by atoms with Gasteiger partial charge in [0.25, 0.3) is 0 Å². The van der Waals surface area contributed by atoms with Crippen molar-refractivity contribution in [1.82, 2.24) is 9.80 Å². The molecule has 1 aliphatic carbocycles. The topological polar surface area (TPSA) is 93.5 Å². The molecule has 3 fully saturated rings. The maximum Gasteiger partial charge on any atom is 0.573 e. The normalized spacial score (nSPS) is 24.1. The molecule has 1 saturated carbocycles. The average Bonchev–Trinajstić information content (AvgIpc) is 3.56. The second-order valence-electron chi connectivity index (χ2n) is 9.44. The number of ether oxygens (including phenoxy) is 1. The molecule has 4 rings (SSSR count). The second-order valence-corrected chi connectivity index (χ2v) is 9.44. The lowest BCUT2D eigenvalue weighted by atomic mass is 9.90. The van der Waals surface area contributed by atoms with E-state index in [1.54, 1.807) is 0 Å². The summed E-state index contributed by atoms with van der Waals surface area (Å²) in [6.07, 6.45) is -1.76. The lowest BCUT2D eigenvalue weighted by molar-refractivity contribution is -0.274. The maximum atomic E-state index is 12.8. The number of nitrogens with zero attached hydrogens (tertiary/aromatic N) is 3. The van der Waals surface area contributed by atoms with Crippen molar-refractivity contribution in [2.75, 3.05) is 44.2 Å². The van der Waals surface area contributed by atoms with Crippen molar-refractivity contribution >= 4 is 17.6 Å². The Kier molecular flexibility index (Phi) is 6.95. The molecular formula is C23H30F3N3O5. The minimum Gasteiger partial charge on any atom is -0.480 e. The third kappa shape index (κ3) is 5.75. The third-order valence-corrected chi connectivity index (χ3v) is 7.30. The summed E-state index contributed by atoms with van der Waals surface area (Å²) in [4.78, 5) is 30.1. The number of carboxylic acid groups (broad SMARTS) is 1. The largest absolute Gasteiger partial charge is 0.573 e. The van der Waals surface area contributed by atoms with E-state index in [1.165, 1.54) is 29.2 Å². The quantitative estimate of drug-likeness (QED) is 0.612. The van der Waals surface area contributed by atoms with Gasteiger partial charge in [-0.05, 0) is 61.9 Å². The fourth-order valence-corrected chi connectivity index (χ4v) is 5.03. The van der Waals surface area contributed by atoms with Crippen LogP contribution in [0.15, 0.2) is 24.3 Å². The SMILES string of the molecule is O=C(O)[C@H](CCN1CCC2(CC2)[C@H](O)C1)N1CCN(c2ccc(OC(F)(F)F)cc2)CCC1=O. The van der Waals surface area contributed by atoms with Gasteiger partial charge in [0.05, 0.1) is 6.10 Å².